The first kappa shape index (κ1) is 16.0. The zero-order valence-electron chi connectivity index (χ0n) is 8.03. The van der Waals surface area contributed by atoms with Gasteiger partial charge in [0.25, 0.3) is 0 Å². The molecule has 0 heterocycles. The summed E-state index contributed by atoms with van der Waals surface area (Å²) in [5.41, 5.74) is -9.36. The Morgan fingerprint density at radius 3 is 1.20 bits per heavy atom. The van der Waals surface area contributed by atoms with Gasteiger partial charge in [-0.1, -0.05) is 0 Å². The molecular weight excluding hydrogens is 371 g/mol. The molecule has 0 aromatic carbocycles. The minimum atomic E-state index is -4.68. The summed E-state index contributed by atoms with van der Waals surface area (Å²) < 4.78 is 72.3. The third kappa shape index (κ3) is 8.81. The Hall–Kier alpha value is 1.04. The molecule has 0 fully saturated rings. The molecule has 15 heavy (non-hydrogen) atoms. The number of alkyl halides is 6. The molecule has 0 aliphatic carbocycles. The van der Waals surface area contributed by atoms with Crippen LogP contribution >= 0.6 is 23.9 Å². The van der Waals surface area contributed by atoms with Crippen LogP contribution in [-0.4, -0.2) is 31.6 Å². The number of rotatable bonds is 3. The minimum absolute atomic E-state index is 0.397. The Morgan fingerprint density at radius 1 is 0.800 bits per heavy atom. The SMILES string of the molecule is [CH3][Sn]([CH3])([CH3])[N](SC(F)(F)F)SC(F)(F)F. The van der Waals surface area contributed by atoms with Crippen molar-refractivity contribution in [2.75, 3.05) is 0 Å². The molecule has 92 valence electrons. The monoisotopic (exact) mass is 381 g/mol. The molecule has 0 unspecified atom stereocenters. The normalized spacial score (nSPS) is 14.8. The first-order valence-electron chi connectivity index (χ1n) is 3.63. The van der Waals surface area contributed by atoms with Gasteiger partial charge in [-0.2, -0.15) is 0 Å². The summed E-state index contributed by atoms with van der Waals surface area (Å²) in [4.78, 5) is 4.44. The molecule has 0 aliphatic heterocycles. The fourth-order valence-corrected chi connectivity index (χ4v) is 8.52. The molecule has 0 saturated carbocycles. The zero-order chi connectivity index (χ0) is 12.5. The molecular formula is C5H9F6NS2Sn. The Kier molecular flexibility index (Phi) is 5.48. The summed E-state index contributed by atoms with van der Waals surface area (Å²) >= 11 is -4.81. The van der Waals surface area contributed by atoms with Crippen LogP contribution in [0.1, 0.15) is 0 Å². The molecule has 1 nitrogen and oxygen atoms in total. The first-order valence-corrected chi connectivity index (χ1v) is 15.0. The fraction of sp³-hybridized carbons (Fsp3) is 1.00. The third-order valence-electron chi connectivity index (χ3n) is 0.921. The molecule has 10 heteroatoms. The van der Waals surface area contributed by atoms with Crippen molar-refractivity contribution in [3.63, 3.8) is 0 Å². The number of hydrogen-bond acceptors (Lipinski definition) is 3. The Labute approximate surface area is 96.4 Å². The van der Waals surface area contributed by atoms with Crippen LogP contribution in [0.5, 0.6) is 0 Å². The number of nitrogens with zero attached hydrogens (tertiary/aromatic N) is 1. The summed E-state index contributed by atoms with van der Waals surface area (Å²) in [7, 11) is 0. The van der Waals surface area contributed by atoms with E-state index in [-0.39, 0.29) is 0 Å². The second-order valence-corrected chi connectivity index (χ2v) is 21.3. The van der Waals surface area contributed by atoms with Gasteiger partial charge in [-0.25, -0.2) is 0 Å². The second kappa shape index (κ2) is 5.13. The summed E-state index contributed by atoms with van der Waals surface area (Å²) in [5, 5.41) is 0. The van der Waals surface area contributed by atoms with Gasteiger partial charge in [-0.05, 0) is 0 Å². The van der Waals surface area contributed by atoms with Crippen molar-refractivity contribution in [2.45, 2.75) is 25.8 Å². The number of hydrogen-bond donors (Lipinski definition) is 0. The fourth-order valence-electron chi connectivity index (χ4n) is 0.481. The zero-order valence-corrected chi connectivity index (χ0v) is 12.5. The predicted molar refractivity (Wildman–Crippen MR) is 52.5 cm³/mol. The van der Waals surface area contributed by atoms with E-state index in [1.54, 1.807) is 0 Å². The van der Waals surface area contributed by atoms with E-state index in [1.807, 2.05) is 0 Å². The second-order valence-electron chi connectivity index (χ2n) is 3.50. The molecule has 0 radical (unpaired) electrons. The van der Waals surface area contributed by atoms with Gasteiger partial charge in [-0.15, -0.1) is 0 Å². The van der Waals surface area contributed by atoms with Crippen molar-refractivity contribution in [3.8, 4) is 0 Å². The quantitative estimate of drug-likeness (QED) is 0.405. The van der Waals surface area contributed by atoms with E-state index in [2.05, 4.69) is 0 Å². The predicted octanol–water partition coefficient (Wildman–Crippen LogP) is 4.46. The molecule has 0 spiro atoms. The van der Waals surface area contributed by atoms with E-state index in [0.29, 0.717) is 1.93 Å². The molecule has 0 saturated heterocycles. The maximum absolute atomic E-state index is 12.0. The van der Waals surface area contributed by atoms with Crippen LogP contribution in [0.2, 0.25) is 14.8 Å². The molecule has 0 aliphatic rings. The Balaban J connectivity index is 4.62. The Bertz CT molecular complexity index is 193. The van der Waals surface area contributed by atoms with Gasteiger partial charge in [0, 0.05) is 0 Å². The van der Waals surface area contributed by atoms with Crippen LogP contribution in [0.4, 0.5) is 26.3 Å². The first-order chi connectivity index (χ1) is 6.31. The van der Waals surface area contributed by atoms with E-state index in [9.17, 15) is 26.3 Å². The molecule has 0 bridgehead atoms. The molecule has 0 rings (SSSR count). The van der Waals surface area contributed by atoms with Crippen LogP contribution in [0.3, 0.4) is 0 Å². The van der Waals surface area contributed by atoms with Crippen molar-refractivity contribution in [1.29, 1.82) is 0 Å². The summed E-state index contributed by atoms with van der Waals surface area (Å²) in [6.07, 6.45) is 0. The van der Waals surface area contributed by atoms with Gasteiger partial charge < -0.3 is 0 Å². The molecule has 0 aromatic heterocycles. The van der Waals surface area contributed by atoms with Crippen molar-refractivity contribution in [3.05, 3.63) is 0 Å². The van der Waals surface area contributed by atoms with Crippen LogP contribution in [0, 0.1) is 0 Å². The standard InChI is InChI=1S/C2F6NS2.3CH3.Sn/c3-1(4,5)10-9-11-2(6,7)8;;;;/h;3*1H3;/q-1;;;;+1. The van der Waals surface area contributed by atoms with Crippen molar-refractivity contribution in [2.24, 2.45) is 0 Å². The van der Waals surface area contributed by atoms with Gasteiger partial charge >= 0.3 is 96.7 Å². The molecule has 0 atom stereocenters. The summed E-state index contributed by atoms with van der Waals surface area (Å²) in [6, 6.07) is 0. The Morgan fingerprint density at radius 2 is 1.07 bits per heavy atom. The molecule has 0 N–H and O–H groups in total. The van der Waals surface area contributed by atoms with Gasteiger partial charge in [0.05, 0.1) is 0 Å². The van der Waals surface area contributed by atoms with Gasteiger partial charge in [-0.3, -0.25) is 0 Å². The van der Waals surface area contributed by atoms with Gasteiger partial charge in [0.1, 0.15) is 0 Å². The van der Waals surface area contributed by atoms with Gasteiger partial charge in [0.2, 0.25) is 0 Å². The van der Waals surface area contributed by atoms with E-state index < -0.39 is 53.6 Å². The van der Waals surface area contributed by atoms with Crippen molar-refractivity contribution < 1.29 is 26.3 Å². The van der Waals surface area contributed by atoms with Crippen LogP contribution in [0.25, 0.3) is 0 Å². The van der Waals surface area contributed by atoms with E-state index in [4.69, 9.17) is 0 Å². The number of halogens is 6. The van der Waals surface area contributed by atoms with Crippen LogP contribution < -0.4 is 0 Å². The summed E-state index contributed by atoms with van der Waals surface area (Å²) in [5.74, 6) is 0. The van der Waals surface area contributed by atoms with E-state index in [0.717, 1.165) is 0 Å². The van der Waals surface area contributed by atoms with Crippen molar-refractivity contribution >= 4 is 42.5 Å². The average Bonchev–Trinajstić information content (AvgIpc) is 1.75. The third-order valence-corrected chi connectivity index (χ3v) is 14.2. The van der Waals surface area contributed by atoms with Gasteiger partial charge in [0.15, 0.2) is 0 Å². The summed E-state index contributed by atoms with van der Waals surface area (Å²) in [6.45, 7) is 0. The van der Waals surface area contributed by atoms with Crippen molar-refractivity contribution in [1.82, 2.24) is 1.93 Å². The molecule has 0 aromatic rings. The maximum atomic E-state index is 12.0. The van der Waals surface area contributed by atoms with E-state index in [1.165, 1.54) is 14.8 Å². The molecule has 0 amide bonds. The van der Waals surface area contributed by atoms with E-state index >= 15 is 0 Å². The topological polar surface area (TPSA) is 3.24 Å². The van der Waals surface area contributed by atoms with Crippen LogP contribution in [0.15, 0.2) is 0 Å². The average molecular weight is 380 g/mol. The van der Waals surface area contributed by atoms with Crippen LogP contribution in [-0.2, 0) is 0 Å².